The third kappa shape index (κ3) is 9.45. The van der Waals surface area contributed by atoms with Gasteiger partial charge in [-0.05, 0) is 18.8 Å². The molecule has 2 rings (SSSR count). The SMILES string of the molecule is CC(C)/C=C/[C@@H](C[C@@H]1O[C@](O)(C[C@@H](O)C(C)C)C[C@H](O)[C@H]1C(=O)NCCC#N)OC1OC(C)C(O)C(N)C1O. The number of rotatable bonds is 12. The van der Waals surface area contributed by atoms with Crippen LogP contribution in [-0.2, 0) is 19.0 Å². The van der Waals surface area contributed by atoms with Crippen molar-refractivity contribution in [2.75, 3.05) is 6.54 Å². The van der Waals surface area contributed by atoms with E-state index in [1.807, 2.05) is 26.0 Å². The van der Waals surface area contributed by atoms with Gasteiger partial charge in [-0.2, -0.15) is 5.26 Å². The van der Waals surface area contributed by atoms with Crippen molar-refractivity contribution in [2.24, 2.45) is 23.5 Å². The van der Waals surface area contributed by atoms with E-state index in [1.54, 1.807) is 26.8 Å². The molecular formula is C27H47N3O9. The van der Waals surface area contributed by atoms with Crippen LogP contribution >= 0.6 is 0 Å². The molecule has 0 spiro atoms. The zero-order chi connectivity index (χ0) is 29.5. The lowest BCUT2D eigenvalue weighted by Gasteiger charge is -2.46. The lowest BCUT2D eigenvalue weighted by Crippen LogP contribution is -2.62. The summed E-state index contributed by atoms with van der Waals surface area (Å²) in [6, 6.07) is 0.930. The molecule has 2 heterocycles. The molecule has 0 radical (unpaired) electrons. The third-order valence-electron chi connectivity index (χ3n) is 7.23. The molecule has 1 amide bonds. The van der Waals surface area contributed by atoms with Crippen LogP contribution in [-0.4, -0.2) is 98.8 Å². The minimum absolute atomic E-state index is 0.0323. The highest BCUT2D eigenvalue weighted by atomic mass is 16.7. The predicted molar refractivity (Wildman–Crippen MR) is 140 cm³/mol. The van der Waals surface area contributed by atoms with Gasteiger partial charge in [-0.3, -0.25) is 4.79 Å². The van der Waals surface area contributed by atoms with Gasteiger partial charge in [0.2, 0.25) is 5.91 Å². The lowest BCUT2D eigenvalue weighted by molar-refractivity contribution is -0.307. The Morgan fingerprint density at radius 1 is 1.23 bits per heavy atom. The molecule has 224 valence electrons. The van der Waals surface area contributed by atoms with Gasteiger partial charge >= 0.3 is 0 Å². The van der Waals surface area contributed by atoms with Gasteiger partial charge in [0.25, 0.3) is 0 Å². The fraction of sp³-hybridized carbons (Fsp3) is 0.852. The van der Waals surface area contributed by atoms with E-state index in [0.29, 0.717) is 0 Å². The van der Waals surface area contributed by atoms with Crippen molar-refractivity contribution in [2.45, 2.75) is 121 Å². The maximum absolute atomic E-state index is 13.1. The van der Waals surface area contributed by atoms with Crippen LogP contribution in [0.5, 0.6) is 0 Å². The summed E-state index contributed by atoms with van der Waals surface area (Å²) >= 11 is 0. The van der Waals surface area contributed by atoms with Crippen molar-refractivity contribution in [3.63, 3.8) is 0 Å². The fourth-order valence-electron chi connectivity index (χ4n) is 4.80. The monoisotopic (exact) mass is 557 g/mol. The van der Waals surface area contributed by atoms with E-state index < -0.39 is 72.7 Å². The lowest BCUT2D eigenvalue weighted by atomic mass is 9.81. The second-order valence-corrected chi connectivity index (χ2v) is 11.4. The van der Waals surface area contributed by atoms with Gasteiger partial charge in [0.05, 0.1) is 61.1 Å². The normalized spacial score (nSPS) is 37.1. The topological polar surface area (TPSA) is 208 Å². The predicted octanol–water partition coefficient (Wildman–Crippen LogP) is -0.341. The zero-order valence-corrected chi connectivity index (χ0v) is 23.5. The van der Waals surface area contributed by atoms with Gasteiger partial charge in [-0.15, -0.1) is 0 Å². The fourth-order valence-corrected chi connectivity index (χ4v) is 4.80. The highest BCUT2D eigenvalue weighted by Gasteiger charge is 2.50. The Balaban J connectivity index is 2.35. The molecule has 8 N–H and O–H groups in total. The van der Waals surface area contributed by atoms with E-state index in [4.69, 9.17) is 25.2 Å². The Morgan fingerprint density at radius 3 is 2.49 bits per heavy atom. The van der Waals surface area contributed by atoms with E-state index in [9.17, 15) is 30.3 Å². The van der Waals surface area contributed by atoms with Gasteiger partial charge in [0.15, 0.2) is 12.1 Å². The average molecular weight is 558 g/mol. The molecule has 11 atom stereocenters. The Kier molecular flexibility index (Phi) is 12.7. The molecule has 0 aliphatic carbocycles. The number of nitrogens with one attached hydrogen (secondary N) is 1. The summed E-state index contributed by atoms with van der Waals surface area (Å²) in [4.78, 5) is 13.1. The Bertz CT molecular complexity index is 851. The van der Waals surface area contributed by atoms with Crippen molar-refractivity contribution in [3.05, 3.63) is 12.2 Å². The minimum atomic E-state index is -1.91. The summed E-state index contributed by atoms with van der Waals surface area (Å²) in [5.41, 5.74) is 5.96. The standard InChI is InChI=1S/C27H47N3O9/c1-14(2)7-8-17(38-26-24(34)22(29)23(33)16(5)37-26)11-20-21(25(35)30-10-6-9-28)19(32)13-27(36,39-20)12-18(31)15(3)4/h7-8,14-24,26,31-34,36H,6,10-13,29H2,1-5H3,(H,30,35)/b8-7+/t16?,17-,18+,19-,20-,21+,22?,23?,24?,26?,27+/m0/s1. The van der Waals surface area contributed by atoms with Crippen LogP contribution in [0.25, 0.3) is 0 Å². The number of aliphatic hydroxyl groups is 5. The van der Waals surface area contributed by atoms with Gasteiger partial charge in [-0.25, -0.2) is 0 Å². The molecule has 0 saturated carbocycles. The first-order valence-corrected chi connectivity index (χ1v) is 13.7. The van der Waals surface area contributed by atoms with Crippen molar-refractivity contribution >= 4 is 5.91 Å². The molecule has 2 aliphatic rings. The number of nitrogens with zero attached hydrogens (tertiary/aromatic N) is 1. The number of carbonyl (C=O) groups is 1. The number of allylic oxidation sites excluding steroid dienone is 1. The van der Waals surface area contributed by atoms with Gasteiger partial charge in [0, 0.05) is 25.8 Å². The second kappa shape index (κ2) is 14.8. The molecule has 5 unspecified atom stereocenters. The summed E-state index contributed by atoms with van der Waals surface area (Å²) in [5, 5.41) is 64.9. The smallest absolute Gasteiger partial charge is 0.228 e. The summed E-state index contributed by atoms with van der Waals surface area (Å²) in [7, 11) is 0. The molecule has 12 nitrogen and oxygen atoms in total. The van der Waals surface area contributed by atoms with Crippen LogP contribution < -0.4 is 11.1 Å². The van der Waals surface area contributed by atoms with Crippen LogP contribution in [0.3, 0.4) is 0 Å². The Morgan fingerprint density at radius 2 is 1.90 bits per heavy atom. The molecule has 2 saturated heterocycles. The van der Waals surface area contributed by atoms with Gasteiger partial charge < -0.3 is 50.8 Å². The number of nitrogens with two attached hydrogens (primary N) is 1. The molecule has 2 fully saturated rings. The van der Waals surface area contributed by atoms with Gasteiger partial charge in [-0.1, -0.05) is 39.8 Å². The number of nitriles is 1. The van der Waals surface area contributed by atoms with Crippen LogP contribution in [0.2, 0.25) is 0 Å². The molecule has 0 bridgehead atoms. The molecule has 12 heteroatoms. The van der Waals surface area contributed by atoms with Crippen LogP contribution in [0, 0.1) is 29.1 Å². The quantitative estimate of drug-likeness (QED) is 0.122. The maximum atomic E-state index is 13.1. The van der Waals surface area contributed by atoms with Crippen LogP contribution in [0.4, 0.5) is 0 Å². The van der Waals surface area contributed by atoms with E-state index in [-0.39, 0.29) is 44.1 Å². The number of ether oxygens (including phenoxy) is 3. The van der Waals surface area contributed by atoms with Crippen molar-refractivity contribution < 1.29 is 44.5 Å². The summed E-state index contributed by atoms with van der Waals surface area (Å²) < 4.78 is 17.8. The number of aliphatic hydroxyl groups excluding tert-OH is 4. The van der Waals surface area contributed by atoms with E-state index in [1.165, 1.54) is 0 Å². The third-order valence-corrected chi connectivity index (χ3v) is 7.23. The van der Waals surface area contributed by atoms with E-state index in [2.05, 4.69) is 5.32 Å². The number of amides is 1. The number of hydrogen-bond acceptors (Lipinski definition) is 11. The summed E-state index contributed by atoms with van der Waals surface area (Å²) in [6.45, 7) is 9.16. The largest absolute Gasteiger partial charge is 0.393 e. The Labute approximate surface area is 230 Å². The maximum Gasteiger partial charge on any atom is 0.228 e. The van der Waals surface area contributed by atoms with E-state index in [0.717, 1.165) is 0 Å². The van der Waals surface area contributed by atoms with Gasteiger partial charge in [0.1, 0.15) is 6.10 Å². The molecule has 0 aromatic carbocycles. The highest BCUT2D eigenvalue weighted by molar-refractivity contribution is 5.80. The highest BCUT2D eigenvalue weighted by Crippen LogP contribution is 2.38. The Hall–Kier alpha value is -1.66. The second-order valence-electron chi connectivity index (χ2n) is 11.4. The average Bonchev–Trinajstić information content (AvgIpc) is 2.83. The molecule has 0 aromatic rings. The first-order chi connectivity index (χ1) is 18.2. The van der Waals surface area contributed by atoms with Crippen molar-refractivity contribution in [1.82, 2.24) is 5.32 Å². The summed E-state index contributed by atoms with van der Waals surface area (Å²) in [6.07, 6.45) is -5.31. The van der Waals surface area contributed by atoms with Crippen LogP contribution in [0.15, 0.2) is 12.2 Å². The summed E-state index contributed by atoms with van der Waals surface area (Å²) in [5.74, 6) is -3.63. The van der Waals surface area contributed by atoms with E-state index >= 15 is 0 Å². The van der Waals surface area contributed by atoms with Crippen molar-refractivity contribution in [3.8, 4) is 6.07 Å². The molecule has 39 heavy (non-hydrogen) atoms. The minimum Gasteiger partial charge on any atom is -0.393 e. The molecule has 2 aliphatic heterocycles. The zero-order valence-electron chi connectivity index (χ0n) is 23.5. The number of carbonyl (C=O) groups excluding carboxylic acids is 1. The number of hydrogen-bond donors (Lipinski definition) is 7. The van der Waals surface area contributed by atoms with Crippen LogP contribution in [0.1, 0.15) is 60.3 Å². The first kappa shape index (κ1) is 33.5. The molecule has 0 aromatic heterocycles. The molecular weight excluding hydrogens is 510 g/mol. The first-order valence-electron chi connectivity index (χ1n) is 13.7. The van der Waals surface area contributed by atoms with Crippen molar-refractivity contribution in [1.29, 1.82) is 5.26 Å².